The van der Waals surface area contributed by atoms with E-state index >= 15 is 0 Å². The number of anilines is 2. The Kier molecular flexibility index (Phi) is 7.59. The van der Waals surface area contributed by atoms with Crippen LogP contribution in [0.2, 0.25) is 0 Å². The van der Waals surface area contributed by atoms with Crippen LogP contribution in [-0.2, 0) is 16.0 Å². The Morgan fingerprint density at radius 3 is 2.63 bits per heavy atom. The van der Waals surface area contributed by atoms with Crippen molar-refractivity contribution in [1.82, 2.24) is 5.32 Å². The van der Waals surface area contributed by atoms with Gasteiger partial charge in [-0.15, -0.1) is 0 Å². The molecule has 1 amide bonds. The van der Waals surface area contributed by atoms with Gasteiger partial charge >= 0.3 is 0 Å². The third-order valence-electron chi connectivity index (χ3n) is 8.02. The second-order valence-electron chi connectivity index (χ2n) is 11.5. The van der Waals surface area contributed by atoms with Crippen LogP contribution in [0.25, 0.3) is 0 Å². The van der Waals surface area contributed by atoms with E-state index in [1.54, 1.807) is 7.11 Å². The fourth-order valence-electron chi connectivity index (χ4n) is 6.21. The lowest BCUT2D eigenvalue weighted by molar-refractivity contribution is -0.120. The molecule has 0 radical (unpaired) electrons. The molecular formula is C32H39N3O3. The predicted octanol–water partition coefficient (Wildman–Crippen LogP) is 5.65. The molecule has 0 bridgehead atoms. The van der Waals surface area contributed by atoms with Crippen LogP contribution >= 0.6 is 0 Å². The Hall–Kier alpha value is -3.54. The standard InChI is InChI=1S/C32H39N3O3/c1-32(2)19-26-30(28(36)20-32)31(23-9-5-4-6-10-23)35(27-12-8-7-11-25(27)34-26)21-29(37)33-18-17-22-13-15-24(38-3)16-14-22/h4-5,7-8,11-16,23,31,34H,6,9-10,17-21H2,1-3H3,(H,33,37). The van der Waals surface area contributed by atoms with E-state index in [0.29, 0.717) is 13.0 Å². The highest BCUT2D eigenvalue weighted by Gasteiger charge is 2.43. The number of carbonyl (C=O) groups excluding carboxylic acids is 2. The number of Topliss-reactive ketones (excluding diaryl/α,β-unsaturated/α-hetero) is 1. The number of allylic oxidation sites excluding steroid dienone is 3. The molecule has 2 aliphatic carbocycles. The summed E-state index contributed by atoms with van der Waals surface area (Å²) in [5.74, 6) is 1.28. The number of carbonyl (C=O) groups is 2. The molecule has 5 rings (SSSR count). The van der Waals surface area contributed by atoms with Gasteiger partial charge in [0.25, 0.3) is 0 Å². The van der Waals surface area contributed by atoms with Gasteiger partial charge in [0, 0.05) is 24.2 Å². The minimum absolute atomic E-state index is 0.0303. The molecule has 6 nitrogen and oxygen atoms in total. The first-order valence-electron chi connectivity index (χ1n) is 13.8. The molecule has 2 unspecified atom stereocenters. The van der Waals surface area contributed by atoms with Crippen molar-refractivity contribution in [2.45, 2.75) is 58.4 Å². The summed E-state index contributed by atoms with van der Waals surface area (Å²) in [5.41, 5.74) is 4.91. The number of benzene rings is 2. The maximum absolute atomic E-state index is 13.8. The zero-order valence-electron chi connectivity index (χ0n) is 22.8. The van der Waals surface area contributed by atoms with Crippen LogP contribution in [0.15, 0.2) is 72.0 Å². The molecule has 6 heteroatoms. The quantitative estimate of drug-likeness (QED) is 0.468. The SMILES string of the molecule is COc1ccc(CCNC(=O)CN2c3ccccc3NC3=C(C(=O)CC(C)(C)C3)C2C2CC=CCC2)cc1. The number of para-hydroxylation sites is 2. The van der Waals surface area contributed by atoms with E-state index in [4.69, 9.17) is 4.74 Å². The molecule has 1 heterocycles. The zero-order chi connectivity index (χ0) is 26.7. The average Bonchev–Trinajstić information content (AvgIpc) is 3.03. The van der Waals surface area contributed by atoms with Crippen LogP contribution < -0.4 is 20.3 Å². The zero-order valence-corrected chi connectivity index (χ0v) is 22.8. The van der Waals surface area contributed by atoms with Gasteiger partial charge in [0.1, 0.15) is 5.75 Å². The molecule has 0 saturated heterocycles. The van der Waals surface area contributed by atoms with Crippen LogP contribution in [0, 0.1) is 11.3 Å². The van der Waals surface area contributed by atoms with Gasteiger partial charge in [-0.1, -0.05) is 50.3 Å². The summed E-state index contributed by atoms with van der Waals surface area (Å²) >= 11 is 0. The summed E-state index contributed by atoms with van der Waals surface area (Å²) in [6.45, 7) is 5.09. The number of amides is 1. The van der Waals surface area contributed by atoms with E-state index in [2.05, 4.69) is 53.7 Å². The minimum Gasteiger partial charge on any atom is -0.497 e. The van der Waals surface area contributed by atoms with E-state index in [-0.39, 0.29) is 35.6 Å². The number of methoxy groups -OCH3 is 1. The third kappa shape index (κ3) is 5.64. The van der Waals surface area contributed by atoms with E-state index in [0.717, 1.165) is 66.1 Å². The maximum atomic E-state index is 13.8. The van der Waals surface area contributed by atoms with Crippen LogP contribution in [0.1, 0.15) is 51.5 Å². The number of ketones is 1. The lowest BCUT2D eigenvalue weighted by Crippen LogP contribution is -2.50. The number of ether oxygens (including phenoxy) is 1. The molecule has 0 aromatic heterocycles. The molecule has 1 aliphatic heterocycles. The maximum Gasteiger partial charge on any atom is 0.239 e. The molecule has 2 atom stereocenters. The first-order chi connectivity index (χ1) is 18.3. The molecule has 2 N–H and O–H groups in total. The molecular weight excluding hydrogens is 474 g/mol. The van der Waals surface area contributed by atoms with Crippen LogP contribution in [0.4, 0.5) is 11.4 Å². The van der Waals surface area contributed by atoms with Crippen molar-refractivity contribution in [1.29, 1.82) is 0 Å². The lowest BCUT2D eigenvalue weighted by Gasteiger charge is -2.41. The number of nitrogens with one attached hydrogen (secondary N) is 2. The van der Waals surface area contributed by atoms with E-state index < -0.39 is 0 Å². The lowest BCUT2D eigenvalue weighted by atomic mass is 9.71. The monoisotopic (exact) mass is 513 g/mol. The number of nitrogens with zero attached hydrogens (tertiary/aromatic N) is 1. The van der Waals surface area contributed by atoms with E-state index in [9.17, 15) is 9.59 Å². The smallest absolute Gasteiger partial charge is 0.239 e. The van der Waals surface area contributed by atoms with Gasteiger partial charge in [0.15, 0.2) is 5.78 Å². The second kappa shape index (κ2) is 11.1. The van der Waals surface area contributed by atoms with Gasteiger partial charge in [0.05, 0.1) is 31.1 Å². The van der Waals surface area contributed by atoms with Crippen LogP contribution in [-0.4, -0.2) is 37.9 Å². The van der Waals surface area contributed by atoms with Crippen LogP contribution in [0.5, 0.6) is 5.75 Å². The molecule has 2 aromatic carbocycles. The van der Waals surface area contributed by atoms with Gasteiger partial charge in [-0.25, -0.2) is 0 Å². The second-order valence-corrected chi connectivity index (χ2v) is 11.5. The summed E-state index contributed by atoms with van der Waals surface area (Å²) in [6, 6.07) is 16.0. The van der Waals surface area contributed by atoms with Gasteiger partial charge in [0.2, 0.25) is 5.91 Å². The molecule has 3 aliphatic rings. The Labute approximate surface area is 226 Å². The minimum atomic E-state index is -0.137. The molecule has 38 heavy (non-hydrogen) atoms. The molecule has 0 saturated carbocycles. The molecule has 2 aromatic rings. The first kappa shape index (κ1) is 26.1. The highest BCUT2D eigenvalue weighted by atomic mass is 16.5. The van der Waals surface area contributed by atoms with Crippen molar-refractivity contribution < 1.29 is 14.3 Å². The van der Waals surface area contributed by atoms with Gasteiger partial charge < -0.3 is 20.3 Å². The van der Waals surface area contributed by atoms with Gasteiger partial charge in [-0.3, -0.25) is 9.59 Å². The van der Waals surface area contributed by atoms with E-state index in [1.165, 1.54) is 0 Å². The van der Waals surface area contributed by atoms with Crippen molar-refractivity contribution in [3.05, 3.63) is 77.5 Å². The third-order valence-corrected chi connectivity index (χ3v) is 8.02. The number of hydrogen-bond donors (Lipinski definition) is 2. The van der Waals surface area contributed by atoms with Crippen molar-refractivity contribution in [2.24, 2.45) is 11.3 Å². The van der Waals surface area contributed by atoms with E-state index in [1.807, 2.05) is 36.4 Å². The molecule has 0 spiro atoms. The fourth-order valence-corrected chi connectivity index (χ4v) is 6.21. The summed E-state index contributed by atoms with van der Waals surface area (Å²) in [6.07, 6.45) is 9.49. The largest absolute Gasteiger partial charge is 0.497 e. The van der Waals surface area contributed by atoms with Crippen LogP contribution in [0.3, 0.4) is 0 Å². The summed E-state index contributed by atoms with van der Waals surface area (Å²) < 4.78 is 5.24. The predicted molar refractivity (Wildman–Crippen MR) is 152 cm³/mol. The van der Waals surface area contributed by atoms with Crippen molar-refractivity contribution in [2.75, 3.05) is 30.4 Å². The Morgan fingerprint density at radius 2 is 1.89 bits per heavy atom. The van der Waals surface area contributed by atoms with Gasteiger partial charge in [-0.05, 0) is 73.3 Å². The topological polar surface area (TPSA) is 70.7 Å². The molecule has 0 fully saturated rings. The van der Waals surface area contributed by atoms with Crippen molar-refractivity contribution >= 4 is 23.1 Å². The number of hydrogen-bond acceptors (Lipinski definition) is 5. The average molecular weight is 514 g/mol. The first-order valence-corrected chi connectivity index (χ1v) is 13.8. The van der Waals surface area contributed by atoms with Crippen molar-refractivity contribution in [3.63, 3.8) is 0 Å². The Morgan fingerprint density at radius 1 is 1.11 bits per heavy atom. The summed E-state index contributed by atoms with van der Waals surface area (Å²) in [7, 11) is 1.66. The molecule has 200 valence electrons. The summed E-state index contributed by atoms with van der Waals surface area (Å²) in [5, 5.41) is 6.78. The Bertz CT molecular complexity index is 1240. The fraction of sp³-hybridized carbons (Fsp3) is 0.438. The van der Waals surface area contributed by atoms with Gasteiger partial charge in [-0.2, -0.15) is 0 Å². The highest BCUT2D eigenvalue weighted by molar-refractivity contribution is 6.01. The Balaban J connectivity index is 1.42. The number of fused-ring (bicyclic) bond motifs is 1. The summed E-state index contributed by atoms with van der Waals surface area (Å²) in [4.78, 5) is 29.3. The number of rotatable bonds is 7. The normalized spacial score (nSPS) is 22.2. The van der Waals surface area contributed by atoms with Crippen molar-refractivity contribution in [3.8, 4) is 5.75 Å². The highest BCUT2D eigenvalue weighted by Crippen LogP contribution is 2.46.